The molecule has 0 aliphatic heterocycles. The molecule has 0 unspecified atom stereocenters. The maximum atomic E-state index is 12.4. The normalized spacial score (nSPS) is 11.2. The van der Waals surface area contributed by atoms with Crippen LogP contribution in [0.2, 0.25) is 0 Å². The molecule has 9 heteroatoms. The summed E-state index contributed by atoms with van der Waals surface area (Å²) in [4.78, 5) is 8.00. The van der Waals surface area contributed by atoms with Crippen LogP contribution in [0.3, 0.4) is 0 Å². The summed E-state index contributed by atoms with van der Waals surface area (Å²) in [6.07, 6.45) is -9.60. The average Bonchev–Trinajstić information content (AvgIpc) is 2.29. The van der Waals surface area contributed by atoms with Crippen molar-refractivity contribution in [2.45, 2.75) is 18.9 Å². The first-order valence-corrected chi connectivity index (χ1v) is 4.77. The molecule has 0 atom stereocenters. The maximum absolute atomic E-state index is 12.4. The molecule has 2 nitrogen and oxygen atoms in total. The lowest BCUT2D eigenvalue weighted by molar-refractivity contribution is -0.143. The van der Waals surface area contributed by atoms with Gasteiger partial charge in [0.2, 0.25) is 0 Å². The van der Waals surface area contributed by atoms with Gasteiger partial charge in [0.25, 0.3) is 0 Å². The van der Waals surface area contributed by atoms with Crippen molar-refractivity contribution in [2.75, 3.05) is 7.05 Å². The van der Waals surface area contributed by atoms with E-state index in [2.05, 4.69) is 5.32 Å². The Hall–Kier alpha value is -1.28. The van der Waals surface area contributed by atoms with Crippen LogP contribution in [-0.2, 0) is 23.7 Å². The van der Waals surface area contributed by atoms with Gasteiger partial charge in [-0.15, -0.1) is 19.0 Å². The number of hydrogen-bond donors (Lipinski definition) is 0. The zero-order chi connectivity index (χ0) is 15.3. The third kappa shape index (κ3) is 6.25. The molecule has 0 aliphatic rings. The van der Waals surface area contributed by atoms with Crippen LogP contribution < -0.4 is 0 Å². The third-order valence-electron chi connectivity index (χ3n) is 1.99. The van der Waals surface area contributed by atoms with Gasteiger partial charge in [-0.2, -0.15) is 33.4 Å². The van der Waals surface area contributed by atoms with E-state index in [0.29, 0.717) is 12.1 Å². The average molecular weight is 323 g/mol. The zero-order valence-corrected chi connectivity index (χ0v) is 11.0. The molecule has 0 amide bonds. The molecule has 0 aromatic heterocycles. The number of nitrogens with zero attached hydrogens (tertiary/aromatic N) is 1. The lowest BCUT2D eigenvalue weighted by Crippen LogP contribution is -2.11. The highest BCUT2D eigenvalue weighted by Crippen LogP contribution is 2.36. The van der Waals surface area contributed by atoms with Crippen LogP contribution >= 0.6 is 12.4 Å². The number of halogens is 7. The number of carbonyl (C=O) groups excluding carboxylic acids is 1. The molecule has 1 rings (SSSR count). The Balaban J connectivity index is 0. The number of carbonyl (C=O) groups is 1. The topological polar surface area (TPSA) is 31.2 Å². The third-order valence-corrected chi connectivity index (χ3v) is 1.99. The molecule has 0 radical (unpaired) electrons. The smallest absolute Gasteiger partial charge is 0.416 e. The summed E-state index contributed by atoms with van der Waals surface area (Å²) in [5.41, 5.74) is -2.74. The van der Waals surface area contributed by atoms with Crippen molar-refractivity contribution in [3.8, 4) is 0 Å². The second-order valence-corrected chi connectivity index (χ2v) is 3.39. The first-order valence-electron chi connectivity index (χ1n) is 4.77. The van der Waals surface area contributed by atoms with Crippen LogP contribution in [-0.4, -0.2) is 13.8 Å². The molecular weight excluding hydrogens is 312 g/mol. The van der Waals surface area contributed by atoms with Crippen molar-refractivity contribution >= 4 is 19.2 Å². The van der Waals surface area contributed by atoms with Gasteiger partial charge in [0.1, 0.15) is 6.79 Å². The van der Waals surface area contributed by atoms with Crippen LogP contribution in [0.1, 0.15) is 16.7 Å². The Kier molecular flexibility index (Phi) is 8.52. The SMILES string of the molecule is C=O.C[N-]Cc1cc(C(F)(F)F)cc(C(F)(F)F)c1.Cl. The van der Waals surface area contributed by atoms with Crippen LogP contribution in [0.4, 0.5) is 26.3 Å². The minimum Gasteiger partial charge on any atom is -0.661 e. The predicted octanol–water partition coefficient (Wildman–Crippen LogP) is 4.46. The van der Waals surface area contributed by atoms with E-state index in [4.69, 9.17) is 4.79 Å². The minimum absolute atomic E-state index is 0. The first-order chi connectivity index (χ1) is 8.64. The molecule has 0 N–H and O–H groups in total. The number of alkyl halides is 6. The predicted molar refractivity (Wildman–Crippen MR) is 63.8 cm³/mol. The van der Waals surface area contributed by atoms with Crippen LogP contribution in [0.25, 0.3) is 5.32 Å². The van der Waals surface area contributed by atoms with E-state index in [1.165, 1.54) is 7.05 Å². The van der Waals surface area contributed by atoms with E-state index < -0.39 is 23.5 Å². The summed E-state index contributed by atoms with van der Waals surface area (Å²) in [7, 11) is 1.31. The van der Waals surface area contributed by atoms with Crippen molar-refractivity contribution in [1.82, 2.24) is 0 Å². The summed E-state index contributed by atoms with van der Waals surface area (Å²) in [6.45, 7) is 1.81. The fourth-order valence-corrected chi connectivity index (χ4v) is 1.29. The first kappa shape index (κ1) is 21.0. The van der Waals surface area contributed by atoms with Gasteiger partial charge >= 0.3 is 12.4 Å². The standard InChI is InChI=1S/C10H8F6N.CH2O.ClH/c1-17-5-6-2-7(9(11,12)13)4-8(3-6)10(14,15)16;1-2;/h2-4H,5H2,1H3;1H2;1H/q-1;;. The highest BCUT2D eigenvalue weighted by atomic mass is 35.5. The van der Waals surface area contributed by atoms with E-state index in [9.17, 15) is 26.3 Å². The quantitative estimate of drug-likeness (QED) is 0.739. The zero-order valence-electron chi connectivity index (χ0n) is 10.2. The van der Waals surface area contributed by atoms with Gasteiger partial charge in [-0.25, -0.2) is 0 Å². The second-order valence-electron chi connectivity index (χ2n) is 3.39. The lowest BCUT2D eigenvalue weighted by Gasteiger charge is -2.17. The van der Waals surface area contributed by atoms with Crippen molar-refractivity contribution in [1.29, 1.82) is 0 Å². The van der Waals surface area contributed by atoms with Crippen LogP contribution in [0.15, 0.2) is 18.2 Å². The van der Waals surface area contributed by atoms with Crippen molar-refractivity contribution < 1.29 is 31.1 Å². The highest BCUT2D eigenvalue weighted by molar-refractivity contribution is 5.85. The Bertz CT molecular complexity index is 386. The van der Waals surface area contributed by atoms with Gasteiger partial charge in [-0.3, -0.25) is 0 Å². The van der Waals surface area contributed by atoms with E-state index in [0.717, 1.165) is 0 Å². The Morgan fingerprint density at radius 3 is 1.55 bits per heavy atom. The lowest BCUT2D eigenvalue weighted by atomic mass is 10.0. The highest BCUT2D eigenvalue weighted by Gasteiger charge is 2.36. The maximum Gasteiger partial charge on any atom is 0.416 e. The second kappa shape index (κ2) is 8.11. The summed E-state index contributed by atoms with van der Waals surface area (Å²) in [5.74, 6) is 0. The summed E-state index contributed by atoms with van der Waals surface area (Å²) in [5, 5.41) is 3.52. The molecule has 0 heterocycles. The molecule has 20 heavy (non-hydrogen) atoms. The molecule has 1 aromatic rings. The molecule has 0 fully saturated rings. The van der Waals surface area contributed by atoms with Crippen molar-refractivity contribution in [3.05, 3.63) is 40.2 Å². The molecule has 0 aliphatic carbocycles. The van der Waals surface area contributed by atoms with Gasteiger partial charge in [-0.1, -0.05) is 5.56 Å². The Morgan fingerprint density at radius 1 is 0.950 bits per heavy atom. The van der Waals surface area contributed by atoms with Gasteiger partial charge < -0.3 is 10.1 Å². The fraction of sp³-hybridized carbons (Fsp3) is 0.364. The molecule has 0 saturated heterocycles. The van der Waals surface area contributed by atoms with Gasteiger partial charge in [0.05, 0.1) is 11.1 Å². The molecule has 0 saturated carbocycles. The fourth-order valence-electron chi connectivity index (χ4n) is 1.29. The van der Waals surface area contributed by atoms with E-state index >= 15 is 0 Å². The minimum atomic E-state index is -4.80. The van der Waals surface area contributed by atoms with Gasteiger partial charge in [0.15, 0.2) is 0 Å². The number of hydrogen-bond acceptors (Lipinski definition) is 1. The summed E-state index contributed by atoms with van der Waals surface area (Å²) >= 11 is 0. The van der Waals surface area contributed by atoms with Crippen molar-refractivity contribution in [3.63, 3.8) is 0 Å². The van der Waals surface area contributed by atoms with Crippen LogP contribution in [0, 0.1) is 0 Å². The summed E-state index contributed by atoms with van der Waals surface area (Å²) < 4.78 is 74.3. The molecule has 1 aromatic carbocycles. The number of rotatable bonds is 2. The monoisotopic (exact) mass is 322 g/mol. The molecule has 0 bridgehead atoms. The van der Waals surface area contributed by atoms with Crippen LogP contribution in [0.5, 0.6) is 0 Å². The summed E-state index contributed by atoms with van der Waals surface area (Å²) in [6, 6.07) is 1.43. The van der Waals surface area contributed by atoms with Crippen molar-refractivity contribution in [2.24, 2.45) is 0 Å². The van der Waals surface area contributed by atoms with Gasteiger partial charge in [0, 0.05) is 0 Å². The van der Waals surface area contributed by atoms with E-state index in [-0.39, 0.29) is 30.6 Å². The van der Waals surface area contributed by atoms with Gasteiger partial charge in [-0.05, 0) is 18.2 Å². The number of benzene rings is 1. The van der Waals surface area contributed by atoms with E-state index in [1.807, 2.05) is 6.79 Å². The Morgan fingerprint density at radius 2 is 1.30 bits per heavy atom. The molecule has 116 valence electrons. The van der Waals surface area contributed by atoms with E-state index in [1.54, 1.807) is 0 Å². The largest absolute Gasteiger partial charge is 0.661 e. The Labute approximate surface area is 117 Å². The molecular formula is C11H11ClF6NO-. The molecule has 0 spiro atoms.